The van der Waals surface area contributed by atoms with Gasteiger partial charge in [-0.3, -0.25) is 9.59 Å². The highest BCUT2D eigenvalue weighted by Crippen LogP contribution is 2.02. The van der Waals surface area contributed by atoms with Gasteiger partial charge in [0.15, 0.2) is 5.78 Å². The molecular formula is C9H17NO4S. The molecule has 0 radical (unpaired) electrons. The number of hydrogen-bond acceptors (Lipinski definition) is 5. The second-order valence-corrected chi connectivity index (χ2v) is 3.64. The predicted molar refractivity (Wildman–Crippen MR) is 58.8 cm³/mol. The molecule has 0 saturated heterocycles. The molecule has 0 saturated carbocycles. The van der Waals surface area contributed by atoms with Gasteiger partial charge in [0.25, 0.3) is 0 Å². The molecule has 0 aliphatic rings. The molecule has 88 valence electrons. The lowest BCUT2D eigenvalue weighted by Crippen LogP contribution is -2.41. The second kappa shape index (κ2) is 7.67. The van der Waals surface area contributed by atoms with Crippen LogP contribution in [0.3, 0.4) is 0 Å². The van der Waals surface area contributed by atoms with Gasteiger partial charge in [-0.05, 0) is 6.42 Å². The first-order chi connectivity index (χ1) is 7.01. The van der Waals surface area contributed by atoms with Gasteiger partial charge in [-0.25, -0.2) is 0 Å². The summed E-state index contributed by atoms with van der Waals surface area (Å²) in [6.07, 6.45) is -0.571. The number of aliphatic hydroxyl groups is 2. The van der Waals surface area contributed by atoms with E-state index in [2.05, 4.69) is 17.9 Å². The summed E-state index contributed by atoms with van der Waals surface area (Å²) in [4.78, 5) is 22.2. The lowest BCUT2D eigenvalue weighted by Gasteiger charge is -2.14. The highest BCUT2D eigenvalue weighted by atomic mass is 32.1. The van der Waals surface area contributed by atoms with Crippen molar-refractivity contribution in [3.63, 3.8) is 0 Å². The largest absolute Gasteiger partial charge is 0.394 e. The van der Waals surface area contributed by atoms with E-state index in [1.165, 1.54) is 6.92 Å². The molecule has 6 heteroatoms. The first-order valence-electron chi connectivity index (χ1n) is 4.70. The number of ketones is 1. The summed E-state index contributed by atoms with van der Waals surface area (Å²) in [6, 6.07) is -0.614. The van der Waals surface area contributed by atoms with Crippen LogP contribution < -0.4 is 5.32 Å². The van der Waals surface area contributed by atoms with Crippen LogP contribution in [0.15, 0.2) is 0 Å². The van der Waals surface area contributed by atoms with Crippen LogP contribution in [0.5, 0.6) is 0 Å². The number of hydrogen-bond donors (Lipinski definition) is 4. The standard InChI is InChI=1S/C9H17NO4S/c1-6(12)10-8(5-15)9(14)3-2-7(13)4-11/h7-8,11,13,15H,2-5H2,1H3,(H,10,12)/t7?,8-/m1/s1. The molecule has 1 amide bonds. The zero-order valence-corrected chi connectivity index (χ0v) is 9.54. The molecule has 0 rings (SSSR count). The molecule has 0 aliphatic carbocycles. The average molecular weight is 235 g/mol. The summed E-state index contributed by atoms with van der Waals surface area (Å²) in [7, 11) is 0. The van der Waals surface area contributed by atoms with E-state index >= 15 is 0 Å². The molecule has 0 aromatic carbocycles. The maximum atomic E-state index is 11.5. The Bertz CT molecular complexity index is 222. The Kier molecular flexibility index (Phi) is 7.37. The van der Waals surface area contributed by atoms with Gasteiger partial charge in [-0.15, -0.1) is 0 Å². The third kappa shape index (κ3) is 6.48. The van der Waals surface area contributed by atoms with E-state index in [0.29, 0.717) is 0 Å². The fraction of sp³-hybridized carbons (Fsp3) is 0.778. The maximum Gasteiger partial charge on any atom is 0.217 e. The van der Waals surface area contributed by atoms with Crippen LogP contribution in [-0.2, 0) is 9.59 Å². The monoisotopic (exact) mass is 235 g/mol. The highest BCUT2D eigenvalue weighted by molar-refractivity contribution is 7.80. The Morgan fingerprint density at radius 2 is 2.07 bits per heavy atom. The predicted octanol–water partition coefficient (Wildman–Crippen LogP) is -0.877. The minimum Gasteiger partial charge on any atom is -0.394 e. The summed E-state index contributed by atoms with van der Waals surface area (Å²) < 4.78 is 0. The zero-order chi connectivity index (χ0) is 11.8. The number of thiol groups is 1. The average Bonchev–Trinajstić information content (AvgIpc) is 2.21. The normalized spacial score (nSPS) is 14.4. The Morgan fingerprint density at radius 3 is 2.47 bits per heavy atom. The first-order valence-corrected chi connectivity index (χ1v) is 5.34. The molecule has 0 spiro atoms. The van der Waals surface area contributed by atoms with Crippen LogP contribution >= 0.6 is 12.6 Å². The van der Waals surface area contributed by atoms with Crippen LogP contribution in [0.4, 0.5) is 0 Å². The van der Waals surface area contributed by atoms with Crippen molar-refractivity contribution < 1.29 is 19.8 Å². The van der Waals surface area contributed by atoms with Crippen molar-refractivity contribution in [1.82, 2.24) is 5.32 Å². The topological polar surface area (TPSA) is 86.6 Å². The van der Waals surface area contributed by atoms with Crippen molar-refractivity contribution in [2.75, 3.05) is 12.4 Å². The minimum atomic E-state index is -0.883. The maximum absolute atomic E-state index is 11.5. The molecule has 0 heterocycles. The van der Waals surface area contributed by atoms with Gasteiger partial charge < -0.3 is 15.5 Å². The molecule has 0 bridgehead atoms. The van der Waals surface area contributed by atoms with E-state index in [4.69, 9.17) is 10.2 Å². The number of carbonyl (C=O) groups excluding carboxylic acids is 2. The van der Waals surface area contributed by atoms with Crippen LogP contribution in [0, 0.1) is 0 Å². The van der Waals surface area contributed by atoms with Crippen LogP contribution in [-0.4, -0.2) is 46.4 Å². The summed E-state index contributed by atoms with van der Waals surface area (Å²) in [5.74, 6) is -0.244. The molecule has 2 atom stereocenters. The lowest BCUT2D eigenvalue weighted by atomic mass is 10.1. The number of amides is 1. The molecule has 0 aliphatic heterocycles. The van der Waals surface area contributed by atoms with Crippen molar-refractivity contribution in [3.8, 4) is 0 Å². The summed E-state index contributed by atoms with van der Waals surface area (Å²) in [5.41, 5.74) is 0. The number of Topliss-reactive ketones (excluding diaryl/α,β-unsaturated/α-hetero) is 1. The van der Waals surface area contributed by atoms with E-state index in [1.54, 1.807) is 0 Å². The van der Waals surface area contributed by atoms with Crippen molar-refractivity contribution in [1.29, 1.82) is 0 Å². The van der Waals surface area contributed by atoms with Gasteiger partial charge >= 0.3 is 0 Å². The Balaban J connectivity index is 3.99. The fourth-order valence-electron chi connectivity index (χ4n) is 1.05. The summed E-state index contributed by atoms with van der Waals surface area (Å²) >= 11 is 3.95. The Hall–Kier alpha value is -0.590. The van der Waals surface area contributed by atoms with Gasteiger partial charge in [0, 0.05) is 19.1 Å². The van der Waals surface area contributed by atoms with Crippen LogP contribution in [0.25, 0.3) is 0 Å². The number of carbonyl (C=O) groups is 2. The van der Waals surface area contributed by atoms with E-state index in [9.17, 15) is 9.59 Å². The second-order valence-electron chi connectivity index (χ2n) is 3.28. The van der Waals surface area contributed by atoms with Gasteiger partial charge in [0.1, 0.15) is 0 Å². The minimum absolute atomic E-state index is 0.118. The molecular weight excluding hydrogens is 218 g/mol. The summed E-state index contributed by atoms with van der Waals surface area (Å²) in [5, 5.41) is 20.0. The fourth-order valence-corrected chi connectivity index (χ4v) is 1.34. The molecule has 0 aromatic heterocycles. The lowest BCUT2D eigenvalue weighted by molar-refractivity contribution is -0.126. The Labute approximate surface area is 94.3 Å². The molecule has 1 unspecified atom stereocenters. The molecule has 15 heavy (non-hydrogen) atoms. The number of nitrogens with one attached hydrogen (secondary N) is 1. The molecule has 5 nitrogen and oxygen atoms in total. The van der Waals surface area contributed by atoms with Gasteiger partial charge in [-0.2, -0.15) is 12.6 Å². The van der Waals surface area contributed by atoms with Gasteiger partial charge in [0.05, 0.1) is 18.8 Å². The van der Waals surface area contributed by atoms with Crippen LogP contribution in [0.1, 0.15) is 19.8 Å². The van der Waals surface area contributed by atoms with Crippen molar-refractivity contribution >= 4 is 24.3 Å². The first kappa shape index (κ1) is 14.4. The molecule has 3 N–H and O–H groups in total. The zero-order valence-electron chi connectivity index (χ0n) is 8.64. The van der Waals surface area contributed by atoms with Gasteiger partial charge in [-0.1, -0.05) is 0 Å². The van der Waals surface area contributed by atoms with Crippen molar-refractivity contribution in [2.24, 2.45) is 0 Å². The van der Waals surface area contributed by atoms with Crippen molar-refractivity contribution in [2.45, 2.75) is 31.9 Å². The highest BCUT2D eigenvalue weighted by Gasteiger charge is 2.18. The third-order valence-corrected chi connectivity index (χ3v) is 2.25. The van der Waals surface area contributed by atoms with Crippen molar-refractivity contribution in [3.05, 3.63) is 0 Å². The van der Waals surface area contributed by atoms with Gasteiger partial charge in [0.2, 0.25) is 5.91 Å². The Morgan fingerprint density at radius 1 is 1.47 bits per heavy atom. The number of aliphatic hydroxyl groups excluding tert-OH is 2. The molecule has 0 fully saturated rings. The van der Waals surface area contributed by atoms with E-state index in [1.807, 2.05) is 0 Å². The number of rotatable bonds is 7. The third-order valence-electron chi connectivity index (χ3n) is 1.88. The van der Waals surface area contributed by atoms with E-state index in [-0.39, 0.29) is 36.9 Å². The summed E-state index contributed by atoms with van der Waals surface area (Å²) in [6.45, 7) is 0.964. The SMILES string of the molecule is CC(=O)N[C@H](CS)C(=O)CCC(O)CO. The van der Waals surface area contributed by atoms with E-state index < -0.39 is 12.1 Å². The quantitative estimate of drug-likeness (QED) is 0.432. The van der Waals surface area contributed by atoms with Crippen LogP contribution in [0.2, 0.25) is 0 Å². The smallest absolute Gasteiger partial charge is 0.217 e. The van der Waals surface area contributed by atoms with E-state index in [0.717, 1.165) is 0 Å². The molecule has 0 aromatic rings.